The Balaban J connectivity index is 1.81. The molecule has 0 unspecified atom stereocenters. The highest BCUT2D eigenvalue weighted by atomic mass is 28.3. The van der Waals surface area contributed by atoms with Crippen molar-refractivity contribution in [3.05, 3.63) is 60.2 Å². The standard InChI is InChI=1S/C25H30OSi/c1-24(2,3)27(25(4,5)6)26-16-20-13-12-19-11-10-17-8-7-9-18-14-15-21(20)23(19)22(17)18/h7-15,27H,16H2,1-6H3. The fourth-order valence-electron chi connectivity index (χ4n) is 4.89. The number of hydrogen-bond acceptors (Lipinski definition) is 1. The van der Waals surface area contributed by atoms with E-state index in [1.54, 1.807) is 0 Å². The van der Waals surface area contributed by atoms with Gasteiger partial charge in [-0.1, -0.05) is 96.1 Å². The molecular formula is C25H30OSi. The smallest absolute Gasteiger partial charge is 0.188 e. The summed E-state index contributed by atoms with van der Waals surface area (Å²) in [6.07, 6.45) is 0. The molecule has 0 aliphatic rings. The van der Waals surface area contributed by atoms with Crippen molar-refractivity contribution in [2.75, 3.05) is 0 Å². The van der Waals surface area contributed by atoms with E-state index in [4.69, 9.17) is 4.43 Å². The average Bonchev–Trinajstić information content (AvgIpc) is 2.58. The summed E-state index contributed by atoms with van der Waals surface area (Å²) >= 11 is 0. The van der Waals surface area contributed by atoms with Crippen LogP contribution < -0.4 is 0 Å². The molecule has 0 aliphatic heterocycles. The van der Waals surface area contributed by atoms with Gasteiger partial charge in [0, 0.05) is 0 Å². The van der Waals surface area contributed by atoms with Crippen molar-refractivity contribution in [1.82, 2.24) is 0 Å². The van der Waals surface area contributed by atoms with Gasteiger partial charge in [-0.3, -0.25) is 0 Å². The summed E-state index contributed by atoms with van der Waals surface area (Å²) in [6, 6.07) is 20.1. The molecule has 0 saturated heterocycles. The van der Waals surface area contributed by atoms with Crippen molar-refractivity contribution >= 4 is 41.4 Å². The first-order chi connectivity index (χ1) is 12.7. The van der Waals surface area contributed by atoms with Gasteiger partial charge in [0.05, 0.1) is 6.61 Å². The Hall–Kier alpha value is -1.90. The van der Waals surface area contributed by atoms with Crippen molar-refractivity contribution in [3.8, 4) is 0 Å². The summed E-state index contributed by atoms with van der Waals surface area (Å²) < 4.78 is 6.69. The molecule has 4 aromatic carbocycles. The van der Waals surface area contributed by atoms with Crippen LogP contribution in [0, 0.1) is 0 Å². The topological polar surface area (TPSA) is 9.23 Å². The molecule has 0 heterocycles. The van der Waals surface area contributed by atoms with Gasteiger partial charge in [-0.15, -0.1) is 0 Å². The number of hydrogen-bond donors (Lipinski definition) is 0. The predicted molar refractivity (Wildman–Crippen MR) is 122 cm³/mol. The predicted octanol–water partition coefficient (Wildman–Crippen LogP) is 7.42. The van der Waals surface area contributed by atoms with E-state index in [1.165, 1.54) is 37.9 Å². The third-order valence-corrected chi connectivity index (χ3v) is 9.24. The molecule has 0 aliphatic carbocycles. The molecule has 0 N–H and O–H groups in total. The lowest BCUT2D eigenvalue weighted by Gasteiger charge is -2.38. The Labute approximate surface area is 164 Å². The molecule has 1 nitrogen and oxygen atoms in total. The van der Waals surface area contributed by atoms with Crippen LogP contribution in [0.5, 0.6) is 0 Å². The van der Waals surface area contributed by atoms with Gasteiger partial charge in [-0.25, -0.2) is 0 Å². The Kier molecular flexibility index (Phi) is 4.32. The molecule has 4 rings (SSSR count). The lowest BCUT2D eigenvalue weighted by atomic mass is 9.92. The Bertz CT molecular complexity index is 1070. The quantitative estimate of drug-likeness (QED) is 0.268. The highest BCUT2D eigenvalue weighted by Gasteiger charge is 2.38. The van der Waals surface area contributed by atoms with Crippen LogP contribution in [0.25, 0.3) is 32.3 Å². The van der Waals surface area contributed by atoms with Crippen molar-refractivity contribution in [1.29, 1.82) is 0 Å². The van der Waals surface area contributed by atoms with E-state index >= 15 is 0 Å². The molecular weight excluding hydrogens is 344 g/mol. The van der Waals surface area contributed by atoms with Crippen LogP contribution in [0.1, 0.15) is 47.1 Å². The molecule has 4 aromatic rings. The first kappa shape index (κ1) is 18.5. The second-order valence-electron chi connectivity index (χ2n) is 10.0. The zero-order chi connectivity index (χ0) is 19.4. The van der Waals surface area contributed by atoms with Gasteiger partial charge in [-0.2, -0.15) is 0 Å². The van der Waals surface area contributed by atoms with E-state index in [9.17, 15) is 0 Å². The van der Waals surface area contributed by atoms with Gasteiger partial charge >= 0.3 is 0 Å². The fraction of sp³-hybridized carbons (Fsp3) is 0.360. The lowest BCUT2D eigenvalue weighted by Crippen LogP contribution is -2.38. The first-order valence-corrected chi connectivity index (χ1v) is 11.6. The molecule has 0 atom stereocenters. The maximum atomic E-state index is 6.69. The molecule has 0 bridgehead atoms. The van der Waals surface area contributed by atoms with Crippen molar-refractivity contribution < 1.29 is 4.43 Å². The summed E-state index contributed by atoms with van der Waals surface area (Å²) in [4.78, 5) is 0. The normalized spacial score (nSPS) is 13.4. The minimum absolute atomic E-state index is 0.238. The first-order valence-electron chi connectivity index (χ1n) is 9.93. The van der Waals surface area contributed by atoms with Gasteiger partial charge in [-0.05, 0) is 48.0 Å². The van der Waals surface area contributed by atoms with Crippen molar-refractivity contribution in [2.24, 2.45) is 0 Å². The fourth-order valence-corrected chi connectivity index (χ4v) is 8.84. The maximum absolute atomic E-state index is 6.69. The molecule has 0 amide bonds. The Morgan fingerprint density at radius 1 is 0.667 bits per heavy atom. The van der Waals surface area contributed by atoms with Crippen LogP contribution in [0.3, 0.4) is 0 Å². The molecule has 27 heavy (non-hydrogen) atoms. The van der Waals surface area contributed by atoms with Gasteiger partial charge in [0.25, 0.3) is 0 Å². The number of rotatable bonds is 3. The van der Waals surface area contributed by atoms with Crippen molar-refractivity contribution in [3.63, 3.8) is 0 Å². The molecule has 0 saturated carbocycles. The van der Waals surface area contributed by atoms with Crippen LogP contribution in [0.2, 0.25) is 10.1 Å². The van der Waals surface area contributed by atoms with Gasteiger partial charge < -0.3 is 4.43 Å². The molecule has 140 valence electrons. The van der Waals surface area contributed by atoms with Crippen LogP contribution in [-0.2, 0) is 11.0 Å². The minimum atomic E-state index is -1.43. The van der Waals surface area contributed by atoms with Crippen LogP contribution in [0.15, 0.2) is 54.6 Å². The number of benzene rings is 4. The van der Waals surface area contributed by atoms with E-state index in [0.29, 0.717) is 6.61 Å². The SMILES string of the molecule is CC(C)(C)[SiH](OCc1ccc2ccc3cccc4ccc1c2c34)C(C)(C)C. The summed E-state index contributed by atoms with van der Waals surface area (Å²) in [5, 5.41) is 8.54. The highest BCUT2D eigenvalue weighted by Crippen LogP contribution is 2.43. The Morgan fingerprint density at radius 2 is 1.19 bits per heavy atom. The monoisotopic (exact) mass is 374 g/mol. The second-order valence-corrected chi connectivity index (χ2v) is 14.6. The lowest BCUT2D eigenvalue weighted by molar-refractivity contribution is 0.272. The Morgan fingerprint density at radius 3 is 1.78 bits per heavy atom. The molecule has 0 radical (unpaired) electrons. The highest BCUT2D eigenvalue weighted by molar-refractivity contribution is 6.58. The van der Waals surface area contributed by atoms with E-state index in [1.807, 2.05) is 0 Å². The van der Waals surface area contributed by atoms with Crippen molar-refractivity contribution in [2.45, 2.75) is 58.2 Å². The van der Waals surface area contributed by atoms with E-state index in [0.717, 1.165) is 0 Å². The zero-order valence-electron chi connectivity index (χ0n) is 17.4. The van der Waals surface area contributed by atoms with E-state index in [-0.39, 0.29) is 10.1 Å². The van der Waals surface area contributed by atoms with E-state index in [2.05, 4.69) is 96.1 Å². The van der Waals surface area contributed by atoms with Gasteiger partial charge in [0.15, 0.2) is 9.04 Å². The largest absolute Gasteiger partial charge is 0.415 e. The molecule has 0 fully saturated rings. The van der Waals surface area contributed by atoms with E-state index < -0.39 is 9.04 Å². The zero-order valence-corrected chi connectivity index (χ0v) is 18.5. The minimum Gasteiger partial charge on any atom is -0.415 e. The average molecular weight is 375 g/mol. The molecule has 0 aromatic heterocycles. The maximum Gasteiger partial charge on any atom is 0.188 e. The summed E-state index contributed by atoms with van der Waals surface area (Å²) in [6.45, 7) is 14.7. The van der Waals surface area contributed by atoms with Crippen LogP contribution >= 0.6 is 0 Å². The third kappa shape index (κ3) is 3.26. The summed E-state index contributed by atoms with van der Waals surface area (Å²) in [5.41, 5.74) is 1.31. The third-order valence-electron chi connectivity index (χ3n) is 5.60. The second kappa shape index (κ2) is 6.32. The molecule has 0 spiro atoms. The van der Waals surface area contributed by atoms with Crippen LogP contribution in [0.4, 0.5) is 0 Å². The summed E-state index contributed by atoms with van der Waals surface area (Å²) in [5.74, 6) is 0. The summed E-state index contributed by atoms with van der Waals surface area (Å²) in [7, 11) is -1.43. The van der Waals surface area contributed by atoms with Crippen LogP contribution in [-0.4, -0.2) is 9.04 Å². The van der Waals surface area contributed by atoms with Gasteiger partial charge in [0.1, 0.15) is 0 Å². The van der Waals surface area contributed by atoms with Gasteiger partial charge in [0.2, 0.25) is 0 Å². The molecule has 2 heteroatoms.